The molecule has 0 saturated heterocycles. The second-order valence-corrected chi connectivity index (χ2v) is 7.42. The highest BCUT2D eigenvalue weighted by molar-refractivity contribution is 7.17. The van der Waals surface area contributed by atoms with Gasteiger partial charge in [0, 0.05) is 10.4 Å². The first-order valence-electron chi connectivity index (χ1n) is 8.79. The van der Waals surface area contributed by atoms with Crippen molar-refractivity contribution in [1.29, 1.82) is 0 Å². The lowest BCUT2D eigenvalue weighted by molar-refractivity contribution is 0.0527. The van der Waals surface area contributed by atoms with Gasteiger partial charge in [-0.15, -0.1) is 11.3 Å². The van der Waals surface area contributed by atoms with Crippen LogP contribution in [0, 0.1) is 6.92 Å². The van der Waals surface area contributed by atoms with Crippen LogP contribution < -0.4 is 5.32 Å². The molecule has 1 aliphatic rings. The fraction of sp³-hybridized carbons (Fsp3) is 0.400. The van der Waals surface area contributed by atoms with E-state index in [4.69, 9.17) is 4.74 Å². The SMILES string of the molecule is CCOC(=O)c1c(NC(=O)c2cccc(C)c2)sc2c1CCCCC2. The van der Waals surface area contributed by atoms with E-state index in [1.54, 1.807) is 13.0 Å². The number of hydrogen-bond donors (Lipinski definition) is 1. The van der Waals surface area contributed by atoms with Gasteiger partial charge in [0.05, 0.1) is 12.2 Å². The minimum absolute atomic E-state index is 0.189. The number of rotatable bonds is 4. The molecule has 0 fully saturated rings. The zero-order valence-corrected chi connectivity index (χ0v) is 15.5. The Morgan fingerprint density at radius 2 is 2.00 bits per heavy atom. The predicted molar refractivity (Wildman–Crippen MR) is 101 cm³/mol. The Morgan fingerprint density at radius 1 is 1.20 bits per heavy atom. The molecule has 0 saturated carbocycles. The van der Waals surface area contributed by atoms with Gasteiger partial charge in [-0.3, -0.25) is 4.79 Å². The third kappa shape index (κ3) is 3.93. The largest absolute Gasteiger partial charge is 0.462 e. The van der Waals surface area contributed by atoms with Crippen LogP contribution in [0.25, 0.3) is 0 Å². The van der Waals surface area contributed by atoms with Crippen LogP contribution in [-0.4, -0.2) is 18.5 Å². The summed E-state index contributed by atoms with van der Waals surface area (Å²) in [6.07, 6.45) is 5.21. The Morgan fingerprint density at radius 3 is 2.76 bits per heavy atom. The Hall–Kier alpha value is -2.14. The van der Waals surface area contributed by atoms with Gasteiger partial charge in [-0.25, -0.2) is 4.79 Å². The summed E-state index contributed by atoms with van der Waals surface area (Å²) in [5.74, 6) is -0.521. The van der Waals surface area contributed by atoms with Gasteiger partial charge in [-0.2, -0.15) is 0 Å². The number of amides is 1. The smallest absolute Gasteiger partial charge is 0.341 e. The molecule has 1 aliphatic carbocycles. The number of carbonyl (C=O) groups is 2. The number of aryl methyl sites for hydroxylation is 2. The topological polar surface area (TPSA) is 55.4 Å². The molecule has 0 bridgehead atoms. The van der Waals surface area contributed by atoms with Crippen LogP contribution in [0.5, 0.6) is 0 Å². The van der Waals surface area contributed by atoms with Crippen LogP contribution >= 0.6 is 11.3 Å². The fourth-order valence-electron chi connectivity index (χ4n) is 3.21. The number of nitrogens with one attached hydrogen (secondary N) is 1. The molecule has 1 amide bonds. The van der Waals surface area contributed by atoms with Gasteiger partial charge in [0.15, 0.2) is 0 Å². The van der Waals surface area contributed by atoms with E-state index in [1.807, 2.05) is 25.1 Å². The molecule has 0 spiro atoms. The fourth-order valence-corrected chi connectivity index (χ4v) is 4.48. The third-order valence-corrected chi connectivity index (χ3v) is 5.62. The molecular formula is C20H23NO3S. The van der Waals surface area contributed by atoms with Gasteiger partial charge in [-0.1, -0.05) is 24.1 Å². The second-order valence-electron chi connectivity index (χ2n) is 6.31. The quantitative estimate of drug-likeness (QED) is 0.634. The Labute approximate surface area is 152 Å². The zero-order chi connectivity index (χ0) is 17.8. The summed E-state index contributed by atoms with van der Waals surface area (Å²) in [6, 6.07) is 7.44. The number of hydrogen-bond acceptors (Lipinski definition) is 4. The lowest BCUT2D eigenvalue weighted by Crippen LogP contribution is -2.15. The highest BCUT2D eigenvalue weighted by atomic mass is 32.1. The minimum Gasteiger partial charge on any atom is -0.462 e. The van der Waals surface area contributed by atoms with E-state index in [-0.39, 0.29) is 11.9 Å². The van der Waals surface area contributed by atoms with Gasteiger partial charge in [-0.05, 0) is 57.2 Å². The molecule has 5 heteroatoms. The zero-order valence-electron chi connectivity index (χ0n) is 14.7. The molecule has 0 unspecified atom stereocenters. The summed E-state index contributed by atoms with van der Waals surface area (Å²) in [5, 5.41) is 3.57. The molecule has 132 valence electrons. The van der Waals surface area contributed by atoms with Crippen molar-refractivity contribution in [3.8, 4) is 0 Å². The third-order valence-electron chi connectivity index (χ3n) is 4.41. The standard InChI is InChI=1S/C20H23NO3S/c1-3-24-20(23)17-15-10-5-4-6-11-16(15)25-19(17)21-18(22)14-9-7-8-13(2)12-14/h7-9,12H,3-6,10-11H2,1-2H3,(H,21,22). The molecule has 1 N–H and O–H groups in total. The minimum atomic E-state index is -0.332. The molecule has 1 heterocycles. The van der Waals surface area contributed by atoms with Crippen molar-refractivity contribution in [2.45, 2.75) is 46.0 Å². The van der Waals surface area contributed by atoms with Crippen LogP contribution in [0.15, 0.2) is 24.3 Å². The van der Waals surface area contributed by atoms with Gasteiger partial charge >= 0.3 is 5.97 Å². The summed E-state index contributed by atoms with van der Waals surface area (Å²) >= 11 is 1.52. The number of anilines is 1. The van der Waals surface area contributed by atoms with E-state index in [1.165, 1.54) is 22.6 Å². The van der Waals surface area contributed by atoms with Crippen molar-refractivity contribution >= 4 is 28.2 Å². The molecule has 25 heavy (non-hydrogen) atoms. The molecular weight excluding hydrogens is 334 g/mol. The monoisotopic (exact) mass is 357 g/mol. The van der Waals surface area contributed by atoms with E-state index in [0.29, 0.717) is 22.7 Å². The maximum Gasteiger partial charge on any atom is 0.341 e. The van der Waals surface area contributed by atoms with Crippen LogP contribution in [0.4, 0.5) is 5.00 Å². The van der Waals surface area contributed by atoms with Gasteiger partial charge in [0.25, 0.3) is 5.91 Å². The molecule has 0 radical (unpaired) electrons. The van der Waals surface area contributed by atoms with E-state index >= 15 is 0 Å². The Kier molecular flexibility index (Phi) is 5.53. The molecule has 0 aliphatic heterocycles. The molecule has 2 aromatic rings. The summed E-state index contributed by atoms with van der Waals surface area (Å²) in [5.41, 5.74) is 3.25. The van der Waals surface area contributed by atoms with E-state index in [0.717, 1.165) is 36.8 Å². The second kappa shape index (κ2) is 7.83. The van der Waals surface area contributed by atoms with E-state index < -0.39 is 0 Å². The van der Waals surface area contributed by atoms with E-state index in [2.05, 4.69) is 5.32 Å². The molecule has 0 atom stereocenters. The lowest BCUT2D eigenvalue weighted by atomic mass is 10.1. The highest BCUT2D eigenvalue weighted by Crippen LogP contribution is 2.38. The maximum atomic E-state index is 12.6. The average molecular weight is 357 g/mol. The van der Waals surface area contributed by atoms with Crippen molar-refractivity contribution in [3.05, 3.63) is 51.4 Å². The summed E-state index contributed by atoms with van der Waals surface area (Å²) < 4.78 is 5.26. The average Bonchev–Trinajstić information content (AvgIpc) is 2.76. The highest BCUT2D eigenvalue weighted by Gasteiger charge is 2.26. The molecule has 3 rings (SSSR count). The van der Waals surface area contributed by atoms with Gasteiger partial charge in [0.2, 0.25) is 0 Å². The lowest BCUT2D eigenvalue weighted by Gasteiger charge is -2.09. The summed E-state index contributed by atoms with van der Waals surface area (Å²) in [6.45, 7) is 4.08. The number of esters is 1. The number of benzene rings is 1. The Balaban J connectivity index is 1.94. The maximum absolute atomic E-state index is 12.6. The first kappa shape index (κ1) is 17.7. The molecule has 4 nitrogen and oxygen atoms in total. The summed E-state index contributed by atoms with van der Waals surface area (Å²) in [4.78, 5) is 26.3. The first-order chi connectivity index (χ1) is 12.1. The predicted octanol–water partition coefficient (Wildman–Crippen LogP) is 4.75. The van der Waals surface area contributed by atoms with E-state index in [9.17, 15) is 9.59 Å². The molecule has 1 aromatic carbocycles. The van der Waals surface area contributed by atoms with Crippen molar-refractivity contribution in [2.24, 2.45) is 0 Å². The van der Waals surface area contributed by atoms with Crippen molar-refractivity contribution in [3.63, 3.8) is 0 Å². The molecule has 1 aromatic heterocycles. The normalized spacial score (nSPS) is 13.7. The van der Waals surface area contributed by atoms with Crippen LogP contribution in [0.3, 0.4) is 0 Å². The van der Waals surface area contributed by atoms with Crippen molar-refractivity contribution < 1.29 is 14.3 Å². The van der Waals surface area contributed by atoms with Gasteiger partial charge < -0.3 is 10.1 Å². The number of fused-ring (bicyclic) bond motifs is 1. The van der Waals surface area contributed by atoms with Crippen molar-refractivity contribution in [1.82, 2.24) is 0 Å². The number of ether oxygens (including phenoxy) is 1. The van der Waals surface area contributed by atoms with Crippen molar-refractivity contribution in [2.75, 3.05) is 11.9 Å². The number of carbonyl (C=O) groups excluding carboxylic acids is 2. The van der Waals surface area contributed by atoms with Crippen LogP contribution in [0.1, 0.15) is 62.9 Å². The summed E-state index contributed by atoms with van der Waals surface area (Å²) in [7, 11) is 0. The van der Waals surface area contributed by atoms with Gasteiger partial charge in [0.1, 0.15) is 5.00 Å². The Bertz CT molecular complexity index is 794. The van der Waals surface area contributed by atoms with Crippen LogP contribution in [0.2, 0.25) is 0 Å². The first-order valence-corrected chi connectivity index (χ1v) is 9.61. The number of thiophene rings is 1. The van der Waals surface area contributed by atoms with Crippen LogP contribution in [-0.2, 0) is 17.6 Å².